The Hall–Kier alpha value is -4.60. The van der Waals surface area contributed by atoms with Crippen LogP contribution in [-0.4, -0.2) is 75.6 Å². The molecule has 1 saturated heterocycles. The van der Waals surface area contributed by atoms with Crippen LogP contribution in [0.5, 0.6) is 6.01 Å². The van der Waals surface area contributed by atoms with Gasteiger partial charge in [-0.15, -0.1) is 0 Å². The summed E-state index contributed by atoms with van der Waals surface area (Å²) in [5.74, 6) is -2.46. The monoisotopic (exact) mass is 770 g/mol. The first-order valence-corrected chi connectivity index (χ1v) is 20.0. The number of aryl methyl sites for hydroxylation is 1. The van der Waals surface area contributed by atoms with Crippen LogP contribution in [0.4, 0.5) is 18.9 Å². The van der Waals surface area contributed by atoms with Crippen LogP contribution >= 0.6 is 0 Å². The van der Waals surface area contributed by atoms with Crippen LogP contribution in [0.3, 0.4) is 0 Å². The molecule has 2 saturated carbocycles. The standard InChI is InChI=1S/C38H45F3N6O6S/c1-3-46-30-17-10-9-15-28(30)43-35(46)53-27-21-31-32(48)44-37(34(50)45-54(51,52)36(2)18-19-36)22-25(37)12-7-5-4-6-8-16-29(33(49)47(31)23-27)42-26-14-11-13-24(20-26)38(39,40)41/h7,9-15,17,20,25,27,29,31,42H,3-6,8,16,18-19,21-23H2,1-2H3,(H,44,48)(H,45,50)/b12-7-/t25-,27+,29-,31-,37+/m0/s1. The van der Waals surface area contributed by atoms with E-state index in [0.29, 0.717) is 50.2 Å². The summed E-state index contributed by atoms with van der Waals surface area (Å²) in [5.41, 5.74) is -0.758. The van der Waals surface area contributed by atoms with E-state index in [1.807, 2.05) is 47.9 Å². The number of nitrogens with one attached hydrogen (secondary N) is 3. The van der Waals surface area contributed by atoms with Gasteiger partial charge in [0.05, 0.1) is 27.9 Å². The van der Waals surface area contributed by atoms with Gasteiger partial charge in [-0.2, -0.15) is 18.2 Å². The summed E-state index contributed by atoms with van der Waals surface area (Å²) in [7, 11) is -4.01. The minimum Gasteiger partial charge on any atom is -0.459 e. The van der Waals surface area contributed by atoms with E-state index in [0.717, 1.165) is 24.1 Å². The van der Waals surface area contributed by atoms with Gasteiger partial charge in [0, 0.05) is 24.6 Å². The van der Waals surface area contributed by atoms with E-state index in [4.69, 9.17) is 4.74 Å². The van der Waals surface area contributed by atoms with Gasteiger partial charge >= 0.3 is 6.18 Å². The van der Waals surface area contributed by atoms with Crippen LogP contribution in [0, 0.1) is 5.92 Å². The molecule has 3 aromatic rings. The summed E-state index contributed by atoms with van der Waals surface area (Å²) in [4.78, 5) is 48.8. The fourth-order valence-electron chi connectivity index (χ4n) is 7.53. The normalized spacial score (nSPS) is 27.8. The Morgan fingerprint density at radius 2 is 1.87 bits per heavy atom. The number of hydrogen-bond acceptors (Lipinski definition) is 8. The van der Waals surface area contributed by atoms with E-state index in [9.17, 15) is 36.0 Å². The van der Waals surface area contributed by atoms with Crippen molar-refractivity contribution in [2.45, 2.75) is 113 Å². The van der Waals surface area contributed by atoms with Crippen molar-refractivity contribution in [1.82, 2.24) is 24.5 Å². The molecule has 0 radical (unpaired) electrons. The van der Waals surface area contributed by atoms with Crippen LogP contribution in [0.2, 0.25) is 0 Å². The molecule has 5 atom stereocenters. The lowest BCUT2D eigenvalue weighted by Crippen LogP contribution is -2.58. The summed E-state index contributed by atoms with van der Waals surface area (Å²) in [6, 6.07) is 10.3. The van der Waals surface area contributed by atoms with Gasteiger partial charge in [-0.25, -0.2) is 8.42 Å². The van der Waals surface area contributed by atoms with E-state index in [-0.39, 0.29) is 31.5 Å². The second kappa shape index (κ2) is 14.2. The number of benzene rings is 2. The molecule has 3 amide bonds. The van der Waals surface area contributed by atoms with Gasteiger partial charge in [0.25, 0.3) is 11.9 Å². The van der Waals surface area contributed by atoms with Crippen LogP contribution in [0.25, 0.3) is 11.0 Å². The van der Waals surface area contributed by atoms with Crippen LogP contribution in [0.1, 0.15) is 77.2 Å². The Morgan fingerprint density at radius 1 is 1.09 bits per heavy atom. The number of ether oxygens (including phenoxy) is 1. The van der Waals surface area contributed by atoms with Gasteiger partial charge in [0.15, 0.2) is 0 Å². The molecule has 2 aliphatic heterocycles. The number of hydrogen-bond donors (Lipinski definition) is 3. The zero-order valence-corrected chi connectivity index (χ0v) is 31.0. The molecule has 2 aromatic carbocycles. The smallest absolute Gasteiger partial charge is 0.416 e. The Kier molecular flexibility index (Phi) is 9.94. The lowest BCUT2D eigenvalue weighted by atomic mass is 10.0. The molecule has 12 nitrogen and oxygen atoms in total. The SMILES string of the molecule is CCn1c(O[C@@H]2C[C@H]3C(=O)N[C@]4(C(=O)NS(=O)(=O)C5(C)CC5)C[C@@H]4/C=C\CCCCC[C@H](Nc4cccc(C(F)(F)F)c4)C(=O)N3C2)nc2ccccc21. The topological polar surface area (TPSA) is 152 Å². The van der Waals surface area contributed by atoms with E-state index >= 15 is 0 Å². The Balaban J connectivity index is 1.21. The second-order valence-electron chi connectivity index (χ2n) is 15.1. The number of imidazole rings is 1. The molecule has 2 aliphatic carbocycles. The summed E-state index contributed by atoms with van der Waals surface area (Å²) in [6.07, 6.45) is 2.44. The highest BCUT2D eigenvalue weighted by Gasteiger charge is 2.63. The van der Waals surface area contributed by atoms with Crippen LogP contribution in [0.15, 0.2) is 60.7 Å². The zero-order chi connectivity index (χ0) is 38.5. The molecule has 16 heteroatoms. The number of aromatic nitrogens is 2. The van der Waals surface area contributed by atoms with Crippen molar-refractivity contribution in [2.24, 2.45) is 5.92 Å². The molecule has 7 rings (SSSR count). The average Bonchev–Trinajstić information content (AvgIpc) is 3.95. The predicted molar refractivity (Wildman–Crippen MR) is 195 cm³/mol. The molecule has 3 N–H and O–H groups in total. The van der Waals surface area contributed by atoms with Crippen molar-refractivity contribution in [3.05, 3.63) is 66.2 Å². The minimum absolute atomic E-state index is 0.0232. The molecule has 3 fully saturated rings. The lowest BCUT2D eigenvalue weighted by molar-refractivity contribution is -0.140. The Morgan fingerprint density at radius 3 is 2.61 bits per heavy atom. The maximum atomic E-state index is 14.6. The maximum Gasteiger partial charge on any atom is 0.416 e. The third-order valence-corrected chi connectivity index (χ3v) is 13.4. The molecule has 290 valence electrons. The lowest BCUT2D eigenvalue weighted by Gasteiger charge is -2.30. The first-order chi connectivity index (χ1) is 25.6. The van der Waals surface area contributed by atoms with Gasteiger partial charge in [0.1, 0.15) is 23.7 Å². The van der Waals surface area contributed by atoms with Gasteiger partial charge in [0.2, 0.25) is 21.8 Å². The number of para-hydroxylation sites is 2. The van der Waals surface area contributed by atoms with Crippen molar-refractivity contribution >= 4 is 44.5 Å². The number of carbonyl (C=O) groups is 3. The largest absolute Gasteiger partial charge is 0.459 e. The fourth-order valence-corrected chi connectivity index (χ4v) is 8.84. The molecule has 3 heterocycles. The van der Waals surface area contributed by atoms with Crippen molar-refractivity contribution < 1.29 is 40.7 Å². The number of amides is 3. The second-order valence-corrected chi connectivity index (χ2v) is 17.3. The number of fused-ring (bicyclic) bond motifs is 3. The van der Waals surface area contributed by atoms with Crippen LogP contribution < -0.4 is 20.1 Å². The van der Waals surface area contributed by atoms with Crippen molar-refractivity contribution in [1.29, 1.82) is 0 Å². The van der Waals surface area contributed by atoms with Crippen LogP contribution in [-0.2, 0) is 37.1 Å². The minimum atomic E-state index is -4.59. The highest BCUT2D eigenvalue weighted by Crippen LogP contribution is 2.47. The number of anilines is 1. The molecular weight excluding hydrogens is 726 g/mol. The zero-order valence-electron chi connectivity index (χ0n) is 30.2. The van der Waals surface area contributed by atoms with Gasteiger partial charge in [-0.05, 0) is 82.7 Å². The molecule has 54 heavy (non-hydrogen) atoms. The molecule has 1 aromatic heterocycles. The van der Waals surface area contributed by atoms with E-state index < -0.39 is 73.9 Å². The number of allylic oxidation sites excluding steroid dienone is 1. The predicted octanol–water partition coefficient (Wildman–Crippen LogP) is 5.30. The van der Waals surface area contributed by atoms with Crippen molar-refractivity contribution in [2.75, 3.05) is 11.9 Å². The number of nitrogens with zero attached hydrogens (tertiary/aromatic N) is 3. The summed E-state index contributed by atoms with van der Waals surface area (Å²) in [5, 5.41) is 5.88. The average molecular weight is 771 g/mol. The number of alkyl halides is 3. The van der Waals surface area contributed by atoms with Gasteiger partial charge in [-0.1, -0.05) is 43.2 Å². The highest BCUT2D eigenvalue weighted by atomic mass is 32.2. The number of halogens is 3. The number of sulfonamides is 1. The van der Waals surface area contributed by atoms with Gasteiger partial charge in [-0.3, -0.25) is 23.7 Å². The summed E-state index contributed by atoms with van der Waals surface area (Å²) < 4.78 is 76.6. The third-order valence-electron chi connectivity index (χ3n) is 11.2. The Bertz CT molecular complexity index is 2080. The fraction of sp³-hybridized carbons (Fsp3) is 0.526. The summed E-state index contributed by atoms with van der Waals surface area (Å²) in [6.45, 7) is 4.00. The van der Waals surface area contributed by atoms with Gasteiger partial charge < -0.3 is 20.3 Å². The maximum absolute atomic E-state index is 14.6. The summed E-state index contributed by atoms with van der Waals surface area (Å²) >= 11 is 0. The molecule has 4 aliphatic rings. The Labute approximate surface area is 311 Å². The van der Waals surface area contributed by atoms with Crippen molar-refractivity contribution in [3.63, 3.8) is 0 Å². The first-order valence-electron chi connectivity index (χ1n) is 18.6. The van der Waals surface area contributed by atoms with Crippen molar-refractivity contribution in [3.8, 4) is 6.01 Å². The molecule has 0 bridgehead atoms. The third kappa shape index (κ3) is 7.40. The van der Waals surface area contributed by atoms with E-state index in [1.54, 1.807) is 6.92 Å². The molecule has 0 unspecified atom stereocenters. The molecular formula is C38H45F3N6O6S. The quantitative estimate of drug-likeness (QED) is 0.262. The first kappa shape index (κ1) is 37.7. The number of carbonyl (C=O) groups excluding carboxylic acids is 3. The van der Waals surface area contributed by atoms with E-state index in [1.165, 1.54) is 17.0 Å². The highest BCUT2D eigenvalue weighted by molar-refractivity contribution is 7.91. The molecule has 0 spiro atoms. The van der Waals surface area contributed by atoms with E-state index in [2.05, 4.69) is 20.3 Å². The number of rotatable bonds is 8.